The monoisotopic (exact) mass is 332 g/mol. The SMILES string of the molecule is CC(=O)C1=C(C)N[C@@]2(O)COC(=O)[C@H]2[C@@H]1c1ccc([N+](=O)[O-])cc1. The Morgan fingerprint density at radius 2 is 2.04 bits per heavy atom. The summed E-state index contributed by atoms with van der Waals surface area (Å²) < 4.78 is 5.00. The lowest BCUT2D eigenvalue weighted by Gasteiger charge is -2.40. The van der Waals surface area contributed by atoms with Crippen LogP contribution in [-0.2, 0) is 14.3 Å². The summed E-state index contributed by atoms with van der Waals surface area (Å²) in [5.74, 6) is -2.59. The average molecular weight is 332 g/mol. The second kappa shape index (κ2) is 5.41. The molecule has 1 aromatic carbocycles. The summed E-state index contributed by atoms with van der Waals surface area (Å²) in [5.41, 5.74) is -0.344. The second-order valence-electron chi connectivity index (χ2n) is 6.06. The van der Waals surface area contributed by atoms with Crippen molar-refractivity contribution in [3.8, 4) is 0 Å². The third kappa shape index (κ3) is 2.35. The second-order valence-corrected chi connectivity index (χ2v) is 6.06. The van der Waals surface area contributed by atoms with Gasteiger partial charge < -0.3 is 15.2 Å². The molecule has 2 heterocycles. The number of nitrogens with zero attached hydrogens (tertiary/aromatic N) is 1. The van der Waals surface area contributed by atoms with Crippen LogP contribution in [0.2, 0.25) is 0 Å². The Morgan fingerprint density at radius 3 is 2.58 bits per heavy atom. The summed E-state index contributed by atoms with van der Waals surface area (Å²) in [4.78, 5) is 34.6. The smallest absolute Gasteiger partial charge is 0.315 e. The largest absolute Gasteiger partial charge is 0.460 e. The van der Waals surface area contributed by atoms with Gasteiger partial charge in [0.15, 0.2) is 11.5 Å². The minimum absolute atomic E-state index is 0.0954. The van der Waals surface area contributed by atoms with Crippen molar-refractivity contribution in [3.63, 3.8) is 0 Å². The van der Waals surface area contributed by atoms with E-state index in [1.807, 2.05) is 0 Å². The number of ketones is 1. The van der Waals surface area contributed by atoms with Gasteiger partial charge in [0.2, 0.25) is 0 Å². The van der Waals surface area contributed by atoms with Gasteiger partial charge in [-0.05, 0) is 19.4 Å². The van der Waals surface area contributed by atoms with E-state index in [4.69, 9.17) is 4.74 Å². The number of nitrogens with one attached hydrogen (secondary N) is 1. The van der Waals surface area contributed by atoms with E-state index >= 15 is 0 Å². The Bertz CT molecular complexity index is 769. The number of Topliss-reactive ketones (excluding diaryl/α,β-unsaturated/α-hetero) is 1. The third-order valence-corrected chi connectivity index (χ3v) is 4.50. The first-order chi connectivity index (χ1) is 11.2. The molecule has 1 saturated heterocycles. The minimum atomic E-state index is -1.60. The molecule has 2 aliphatic rings. The van der Waals surface area contributed by atoms with Crippen molar-refractivity contribution >= 4 is 17.4 Å². The summed E-state index contributed by atoms with van der Waals surface area (Å²) >= 11 is 0. The van der Waals surface area contributed by atoms with E-state index in [-0.39, 0.29) is 18.1 Å². The molecule has 0 aromatic heterocycles. The maximum absolute atomic E-state index is 12.2. The number of nitro benzene ring substituents is 1. The number of carbonyl (C=O) groups is 2. The van der Waals surface area contributed by atoms with E-state index in [0.29, 0.717) is 16.8 Å². The van der Waals surface area contributed by atoms with Gasteiger partial charge in [0, 0.05) is 29.3 Å². The Labute approximate surface area is 137 Å². The summed E-state index contributed by atoms with van der Waals surface area (Å²) in [5, 5.41) is 24.3. The van der Waals surface area contributed by atoms with E-state index in [1.54, 1.807) is 6.92 Å². The van der Waals surface area contributed by atoms with Crippen LogP contribution < -0.4 is 5.32 Å². The molecular formula is C16H16N2O6. The number of benzene rings is 1. The number of aliphatic hydroxyl groups is 1. The number of fused-ring (bicyclic) bond motifs is 1. The Kier molecular flexibility index (Phi) is 3.64. The van der Waals surface area contributed by atoms with Crippen molar-refractivity contribution < 1.29 is 24.4 Å². The van der Waals surface area contributed by atoms with Crippen LogP contribution in [0.25, 0.3) is 0 Å². The van der Waals surface area contributed by atoms with E-state index < -0.39 is 28.5 Å². The fourth-order valence-corrected chi connectivity index (χ4v) is 3.52. The maximum atomic E-state index is 12.2. The molecule has 2 N–H and O–H groups in total. The molecule has 24 heavy (non-hydrogen) atoms. The van der Waals surface area contributed by atoms with Crippen molar-refractivity contribution in [3.05, 3.63) is 51.2 Å². The molecule has 2 aliphatic heterocycles. The number of esters is 1. The van der Waals surface area contributed by atoms with Gasteiger partial charge in [-0.2, -0.15) is 0 Å². The number of hydrogen-bond donors (Lipinski definition) is 2. The van der Waals surface area contributed by atoms with Crippen molar-refractivity contribution in [2.24, 2.45) is 5.92 Å². The lowest BCUT2D eigenvalue weighted by molar-refractivity contribution is -0.384. The lowest BCUT2D eigenvalue weighted by atomic mass is 9.72. The van der Waals surface area contributed by atoms with Crippen LogP contribution in [0, 0.1) is 16.0 Å². The summed E-state index contributed by atoms with van der Waals surface area (Å²) in [6, 6.07) is 5.61. The highest BCUT2D eigenvalue weighted by Crippen LogP contribution is 2.46. The molecule has 126 valence electrons. The standard InChI is InChI=1S/C16H16N2O6/c1-8-12(9(2)19)13(10-3-5-11(6-4-10)18(22)23)14-15(20)24-7-16(14,21)17-8/h3-6,13-14,17,21H,7H2,1-2H3/t13-,14-,16-/m1/s1. The quantitative estimate of drug-likeness (QED) is 0.481. The van der Waals surface area contributed by atoms with Crippen LogP contribution in [0.3, 0.4) is 0 Å². The summed E-state index contributed by atoms with van der Waals surface area (Å²) in [7, 11) is 0. The van der Waals surface area contributed by atoms with Gasteiger partial charge in [-0.15, -0.1) is 0 Å². The van der Waals surface area contributed by atoms with Crippen LogP contribution in [-0.4, -0.2) is 34.1 Å². The van der Waals surface area contributed by atoms with Gasteiger partial charge in [0.1, 0.15) is 12.5 Å². The Morgan fingerprint density at radius 1 is 1.42 bits per heavy atom. The fraction of sp³-hybridized carbons (Fsp3) is 0.375. The molecule has 3 atom stereocenters. The first-order valence-corrected chi connectivity index (χ1v) is 7.38. The molecule has 0 saturated carbocycles. The highest BCUT2D eigenvalue weighted by Gasteiger charge is 2.57. The number of hydrogen-bond acceptors (Lipinski definition) is 7. The molecule has 8 heteroatoms. The van der Waals surface area contributed by atoms with Crippen LogP contribution >= 0.6 is 0 Å². The first-order valence-electron chi connectivity index (χ1n) is 7.38. The minimum Gasteiger partial charge on any atom is -0.460 e. The van der Waals surface area contributed by atoms with Gasteiger partial charge in [-0.3, -0.25) is 19.7 Å². The van der Waals surface area contributed by atoms with Crippen molar-refractivity contribution in [2.45, 2.75) is 25.5 Å². The predicted molar refractivity (Wildman–Crippen MR) is 81.8 cm³/mol. The van der Waals surface area contributed by atoms with Gasteiger partial charge in [0.05, 0.1) is 4.92 Å². The Balaban J connectivity index is 2.15. The van der Waals surface area contributed by atoms with Gasteiger partial charge in [0.25, 0.3) is 5.69 Å². The molecule has 0 spiro atoms. The van der Waals surface area contributed by atoms with E-state index in [0.717, 1.165) is 0 Å². The number of non-ortho nitro benzene ring substituents is 1. The lowest BCUT2D eigenvalue weighted by Crippen LogP contribution is -2.56. The number of cyclic esters (lactones) is 1. The number of rotatable bonds is 3. The molecule has 0 aliphatic carbocycles. The van der Waals surface area contributed by atoms with E-state index in [2.05, 4.69) is 5.32 Å². The highest BCUT2D eigenvalue weighted by atomic mass is 16.6. The maximum Gasteiger partial charge on any atom is 0.315 e. The van der Waals surface area contributed by atoms with Crippen molar-refractivity contribution in [1.29, 1.82) is 0 Å². The molecule has 0 bridgehead atoms. The third-order valence-electron chi connectivity index (χ3n) is 4.50. The number of ether oxygens (including phenoxy) is 1. The zero-order chi connectivity index (χ0) is 17.6. The van der Waals surface area contributed by atoms with Crippen LogP contribution in [0.1, 0.15) is 25.3 Å². The van der Waals surface area contributed by atoms with Gasteiger partial charge in [-0.1, -0.05) is 12.1 Å². The molecule has 0 radical (unpaired) electrons. The van der Waals surface area contributed by atoms with Crippen molar-refractivity contribution in [1.82, 2.24) is 5.32 Å². The zero-order valence-electron chi connectivity index (χ0n) is 13.1. The number of nitro groups is 1. The topological polar surface area (TPSA) is 119 Å². The number of allylic oxidation sites excluding steroid dienone is 2. The molecule has 1 aromatic rings. The normalized spacial score (nSPS) is 28.9. The van der Waals surface area contributed by atoms with Gasteiger partial charge in [-0.25, -0.2) is 0 Å². The number of carbonyl (C=O) groups excluding carboxylic acids is 2. The van der Waals surface area contributed by atoms with Crippen LogP contribution in [0.15, 0.2) is 35.5 Å². The predicted octanol–water partition coefficient (Wildman–Crippen LogP) is 1.01. The molecule has 0 unspecified atom stereocenters. The molecule has 3 rings (SSSR count). The Hall–Kier alpha value is -2.74. The van der Waals surface area contributed by atoms with E-state index in [9.17, 15) is 24.8 Å². The average Bonchev–Trinajstić information content (AvgIpc) is 2.80. The summed E-state index contributed by atoms with van der Waals surface area (Å²) in [6.45, 7) is 2.80. The van der Waals surface area contributed by atoms with Crippen LogP contribution in [0.4, 0.5) is 5.69 Å². The van der Waals surface area contributed by atoms with Crippen LogP contribution in [0.5, 0.6) is 0 Å². The van der Waals surface area contributed by atoms with Gasteiger partial charge >= 0.3 is 5.97 Å². The molecule has 8 nitrogen and oxygen atoms in total. The van der Waals surface area contributed by atoms with E-state index in [1.165, 1.54) is 31.2 Å². The first kappa shape index (κ1) is 16.1. The fourth-order valence-electron chi connectivity index (χ4n) is 3.52. The molecular weight excluding hydrogens is 316 g/mol. The molecule has 0 amide bonds. The molecule has 1 fully saturated rings. The zero-order valence-corrected chi connectivity index (χ0v) is 13.1. The highest BCUT2D eigenvalue weighted by molar-refractivity contribution is 5.97. The summed E-state index contributed by atoms with van der Waals surface area (Å²) in [6.07, 6.45) is 0. The van der Waals surface area contributed by atoms with Crippen molar-refractivity contribution in [2.75, 3.05) is 6.61 Å².